The Morgan fingerprint density at radius 3 is 1.68 bits per heavy atom. The molecule has 0 saturated heterocycles. The van der Waals surface area contributed by atoms with Crippen molar-refractivity contribution in [3.63, 3.8) is 0 Å². The van der Waals surface area contributed by atoms with E-state index in [9.17, 15) is 31.2 Å². The molecule has 7 nitrogen and oxygen atoms in total. The van der Waals surface area contributed by atoms with Crippen LogP contribution in [0.1, 0.15) is 31.8 Å². The van der Waals surface area contributed by atoms with Crippen molar-refractivity contribution in [2.45, 2.75) is 19.4 Å². The van der Waals surface area contributed by atoms with Crippen LogP contribution in [0.25, 0.3) is 0 Å². The van der Waals surface area contributed by atoms with Crippen LogP contribution in [0.5, 0.6) is 5.75 Å². The minimum atomic E-state index is -6.07. The van der Waals surface area contributed by atoms with E-state index in [0.29, 0.717) is 6.07 Å². The summed E-state index contributed by atoms with van der Waals surface area (Å²) < 4.78 is 63.1. The number of carboxylic acids is 2. The summed E-state index contributed by atoms with van der Waals surface area (Å²) in [5.41, 5.74) is -7.99. The van der Waals surface area contributed by atoms with E-state index < -0.39 is 55.6 Å². The summed E-state index contributed by atoms with van der Waals surface area (Å²) in [5.74, 6) is -4.27. The summed E-state index contributed by atoms with van der Waals surface area (Å²) in [4.78, 5) is 22.0. The van der Waals surface area contributed by atoms with Crippen LogP contribution in [0.3, 0.4) is 0 Å². The molecule has 1 aromatic carbocycles. The van der Waals surface area contributed by atoms with Crippen molar-refractivity contribution in [3.05, 3.63) is 28.3 Å². The monoisotopic (exact) mass is 342 g/mol. The second-order valence-corrected chi connectivity index (χ2v) is 5.68. The Kier molecular flexibility index (Phi) is 4.42. The van der Waals surface area contributed by atoms with Gasteiger partial charge in [-0.05, 0) is 19.9 Å². The van der Waals surface area contributed by atoms with Crippen LogP contribution in [0, 0.1) is 13.8 Å². The number of halogens is 3. The number of rotatable bonds is 4. The SMILES string of the molecule is Cc1c(C(=O)O)cc(C(=O)O)c(C)c1OS(=O)(=O)C(F)(F)F. The van der Waals surface area contributed by atoms with Crippen molar-refractivity contribution in [2.75, 3.05) is 0 Å². The highest BCUT2D eigenvalue weighted by molar-refractivity contribution is 7.88. The highest BCUT2D eigenvalue weighted by Gasteiger charge is 2.49. The molecule has 0 aliphatic heterocycles. The Morgan fingerprint density at radius 1 is 1.05 bits per heavy atom. The molecular formula is C11H9F3O7S. The van der Waals surface area contributed by atoms with Crippen LogP contribution < -0.4 is 4.18 Å². The van der Waals surface area contributed by atoms with Crippen molar-refractivity contribution in [1.29, 1.82) is 0 Å². The van der Waals surface area contributed by atoms with Crippen LogP contribution in [0.2, 0.25) is 0 Å². The molecule has 0 bridgehead atoms. The van der Waals surface area contributed by atoms with Gasteiger partial charge in [-0.2, -0.15) is 21.6 Å². The lowest BCUT2D eigenvalue weighted by Crippen LogP contribution is -2.29. The van der Waals surface area contributed by atoms with E-state index in [1.807, 2.05) is 0 Å². The number of aromatic carboxylic acids is 2. The number of benzene rings is 1. The fourth-order valence-electron chi connectivity index (χ4n) is 1.61. The molecule has 2 N–H and O–H groups in total. The highest BCUT2D eigenvalue weighted by Crippen LogP contribution is 2.34. The molecule has 0 heterocycles. The first-order valence-electron chi connectivity index (χ1n) is 5.41. The Labute approximate surface area is 122 Å². The van der Waals surface area contributed by atoms with Crippen molar-refractivity contribution >= 4 is 22.1 Å². The molecule has 1 rings (SSSR count). The Balaban J connectivity index is 3.67. The zero-order valence-corrected chi connectivity index (χ0v) is 11.9. The van der Waals surface area contributed by atoms with Crippen molar-refractivity contribution < 1.29 is 45.6 Å². The number of hydrogen-bond acceptors (Lipinski definition) is 5. The van der Waals surface area contributed by atoms with Crippen molar-refractivity contribution in [1.82, 2.24) is 0 Å². The van der Waals surface area contributed by atoms with Crippen LogP contribution in [-0.2, 0) is 10.1 Å². The molecule has 0 spiro atoms. The van der Waals surface area contributed by atoms with E-state index in [0.717, 1.165) is 13.8 Å². The number of hydrogen-bond donors (Lipinski definition) is 2. The molecule has 0 unspecified atom stereocenters. The predicted octanol–water partition coefficient (Wildman–Crippen LogP) is 1.93. The minimum Gasteiger partial charge on any atom is -0.478 e. The van der Waals surface area contributed by atoms with E-state index in [4.69, 9.17) is 10.2 Å². The van der Waals surface area contributed by atoms with E-state index >= 15 is 0 Å². The molecule has 0 aliphatic carbocycles. The molecule has 122 valence electrons. The number of carbonyl (C=O) groups is 2. The van der Waals surface area contributed by atoms with E-state index in [2.05, 4.69) is 4.18 Å². The largest absolute Gasteiger partial charge is 0.534 e. The van der Waals surface area contributed by atoms with Gasteiger partial charge in [-0.15, -0.1) is 0 Å². The van der Waals surface area contributed by atoms with E-state index in [-0.39, 0.29) is 0 Å². The molecule has 0 amide bonds. The Morgan fingerprint density at radius 2 is 1.41 bits per heavy atom. The standard InChI is InChI=1S/C11H9F3O7S/c1-4-6(9(15)16)3-7(10(17)18)5(2)8(4)21-22(19,20)11(12,13)14/h3H,1-2H3,(H,15,16)(H,17,18). The first-order chi connectivity index (χ1) is 9.79. The van der Waals surface area contributed by atoms with Gasteiger partial charge in [-0.25, -0.2) is 9.59 Å². The van der Waals surface area contributed by atoms with E-state index in [1.54, 1.807) is 0 Å². The van der Waals surface area contributed by atoms with Crippen LogP contribution >= 0.6 is 0 Å². The van der Waals surface area contributed by atoms with Crippen molar-refractivity contribution in [3.8, 4) is 5.75 Å². The quantitative estimate of drug-likeness (QED) is 0.634. The number of carboxylic acid groups (broad SMARTS) is 2. The summed E-state index contributed by atoms with van der Waals surface area (Å²) >= 11 is 0. The lowest BCUT2D eigenvalue weighted by molar-refractivity contribution is -0.0500. The highest BCUT2D eigenvalue weighted by atomic mass is 32.2. The maximum Gasteiger partial charge on any atom is 0.534 e. The fourth-order valence-corrected chi connectivity index (χ4v) is 2.18. The molecular weight excluding hydrogens is 333 g/mol. The van der Waals surface area contributed by atoms with Gasteiger partial charge < -0.3 is 14.4 Å². The van der Waals surface area contributed by atoms with Gasteiger partial charge in [0.2, 0.25) is 0 Å². The molecule has 1 aromatic rings. The normalized spacial score (nSPS) is 12.0. The van der Waals surface area contributed by atoms with Gasteiger partial charge in [0.15, 0.2) is 0 Å². The van der Waals surface area contributed by atoms with Gasteiger partial charge in [0.1, 0.15) is 5.75 Å². The summed E-state index contributed by atoms with van der Waals surface area (Å²) in [6, 6.07) is 0.711. The zero-order valence-electron chi connectivity index (χ0n) is 11.1. The summed E-state index contributed by atoms with van der Waals surface area (Å²) in [5, 5.41) is 17.9. The van der Waals surface area contributed by atoms with Gasteiger partial charge in [0, 0.05) is 11.1 Å². The topological polar surface area (TPSA) is 118 Å². The molecule has 0 atom stereocenters. The van der Waals surface area contributed by atoms with Gasteiger partial charge in [0.05, 0.1) is 11.1 Å². The predicted molar refractivity (Wildman–Crippen MR) is 65.4 cm³/mol. The summed E-state index contributed by atoms with van der Waals surface area (Å²) in [6.45, 7) is 2.01. The zero-order chi connectivity index (χ0) is 17.5. The molecule has 0 radical (unpaired) electrons. The van der Waals surface area contributed by atoms with Gasteiger partial charge in [0.25, 0.3) is 0 Å². The maximum absolute atomic E-state index is 12.4. The smallest absolute Gasteiger partial charge is 0.478 e. The lowest BCUT2D eigenvalue weighted by atomic mass is 9.98. The molecule has 11 heteroatoms. The maximum atomic E-state index is 12.4. The second kappa shape index (κ2) is 5.48. The first kappa shape index (κ1) is 17.8. The minimum absolute atomic E-state index is 0.442. The molecule has 0 aliphatic rings. The van der Waals surface area contributed by atoms with Crippen LogP contribution in [-0.4, -0.2) is 36.1 Å². The second-order valence-electron chi connectivity index (χ2n) is 4.14. The Bertz CT molecular complexity index is 712. The van der Waals surface area contributed by atoms with Gasteiger partial charge in [-0.1, -0.05) is 0 Å². The fraction of sp³-hybridized carbons (Fsp3) is 0.273. The third kappa shape index (κ3) is 3.13. The number of alkyl halides is 3. The first-order valence-corrected chi connectivity index (χ1v) is 6.82. The molecule has 0 fully saturated rings. The van der Waals surface area contributed by atoms with Crippen LogP contribution in [0.4, 0.5) is 13.2 Å². The third-order valence-corrected chi connectivity index (χ3v) is 3.67. The lowest BCUT2D eigenvalue weighted by Gasteiger charge is -2.16. The molecule has 22 heavy (non-hydrogen) atoms. The summed E-state index contributed by atoms with van der Waals surface area (Å²) in [7, 11) is -6.07. The third-order valence-electron chi connectivity index (χ3n) is 2.72. The van der Waals surface area contributed by atoms with Gasteiger partial charge >= 0.3 is 27.6 Å². The van der Waals surface area contributed by atoms with Crippen LogP contribution in [0.15, 0.2) is 6.07 Å². The van der Waals surface area contributed by atoms with Crippen molar-refractivity contribution in [2.24, 2.45) is 0 Å². The van der Waals surface area contributed by atoms with Gasteiger partial charge in [-0.3, -0.25) is 0 Å². The Hall–Kier alpha value is -2.30. The molecule has 0 saturated carbocycles. The summed E-state index contributed by atoms with van der Waals surface area (Å²) in [6.07, 6.45) is 0. The average Bonchev–Trinajstić information content (AvgIpc) is 2.32. The average molecular weight is 342 g/mol. The van der Waals surface area contributed by atoms with E-state index in [1.165, 1.54) is 0 Å². The molecule has 0 aromatic heterocycles.